The summed E-state index contributed by atoms with van der Waals surface area (Å²) in [7, 11) is 1.27. The van der Waals surface area contributed by atoms with Crippen molar-refractivity contribution >= 4 is 28.9 Å². The number of para-hydroxylation sites is 1. The van der Waals surface area contributed by atoms with Gasteiger partial charge in [-0.2, -0.15) is 0 Å². The predicted molar refractivity (Wildman–Crippen MR) is 137 cm³/mol. The first-order valence-electron chi connectivity index (χ1n) is 13.5. The summed E-state index contributed by atoms with van der Waals surface area (Å²) < 4.78 is 16.9. The van der Waals surface area contributed by atoms with E-state index in [0.29, 0.717) is 34.7 Å². The molecule has 2 aliphatic carbocycles. The molecule has 2 aliphatic heterocycles. The van der Waals surface area contributed by atoms with E-state index >= 15 is 0 Å². The zero-order valence-corrected chi connectivity index (χ0v) is 21.7. The molecule has 1 aromatic heterocycles. The highest BCUT2D eigenvalue weighted by atomic mass is 16.6. The number of aromatic amines is 1. The first kappa shape index (κ1) is 24.8. The molecule has 2 N–H and O–H groups in total. The van der Waals surface area contributed by atoms with Crippen LogP contribution in [0.25, 0.3) is 10.9 Å². The van der Waals surface area contributed by atoms with Gasteiger partial charge in [0.2, 0.25) is 5.91 Å². The number of hydrogen-bond acceptors (Lipinski definition) is 7. The van der Waals surface area contributed by atoms with Gasteiger partial charge in [0.15, 0.2) is 11.3 Å². The maximum absolute atomic E-state index is 13.5. The SMILES string of the molecule is COC(=O)[C@@H]1C[C@@H]2CN1C(=O)[C@H](C)NC(=O)O[C@@H]1CC13CC3CCCCc1c([nH]c3ccccc3c1=O)O2. The number of carbonyl (C=O) groups is 3. The van der Waals surface area contributed by atoms with Crippen LogP contribution in [0.1, 0.15) is 51.0 Å². The van der Waals surface area contributed by atoms with E-state index in [4.69, 9.17) is 14.2 Å². The molecule has 1 saturated heterocycles. The molecule has 6 rings (SSSR count). The molecule has 10 heteroatoms. The lowest BCUT2D eigenvalue weighted by Gasteiger charge is -2.25. The molecule has 2 saturated carbocycles. The summed E-state index contributed by atoms with van der Waals surface area (Å²) in [5.41, 5.74) is 1.28. The van der Waals surface area contributed by atoms with Crippen LogP contribution in [0.2, 0.25) is 0 Å². The van der Waals surface area contributed by atoms with Crippen molar-refractivity contribution in [1.82, 2.24) is 15.2 Å². The van der Waals surface area contributed by atoms with E-state index < -0.39 is 36.2 Å². The number of esters is 1. The topological polar surface area (TPSA) is 127 Å². The quantitative estimate of drug-likeness (QED) is 0.550. The van der Waals surface area contributed by atoms with Crippen LogP contribution in [0.4, 0.5) is 4.79 Å². The fourth-order valence-electron chi connectivity index (χ4n) is 6.46. The number of methoxy groups -OCH3 is 1. The van der Waals surface area contributed by atoms with E-state index in [1.807, 2.05) is 18.2 Å². The number of rotatable bonds is 1. The van der Waals surface area contributed by atoms with E-state index in [2.05, 4.69) is 10.3 Å². The molecule has 2 amide bonds. The maximum atomic E-state index is 13.5. The number of alkyl carbamates (subject to hydrolysis) is 1. The molecular weight excluding hydrogens is 490 g/mol. The fraction of sp³-hybridized carbons (Fsp3) is 0.571. The van der Waals surface area contributed by atoms with E-state index in [-0.39, 0.29) is 29.9 Å². The molecule has 2 unspecified atom stereocenters. The molecule has 10 nitrogen and oxygen atoms in total. The second-order valence-electron chi connectivity index (χ2n) is 11.2. The number of H-pyrrole nitrogens is 1. The standard InChI is InChI=1S/C28H33N3O7/c1-15-25(33)31-14-17(11-21(31)26(34)36-2)37-24-19(23(32)18-8-5-6-10-20(18)30-24)9-4-3-7-16-12-28(16)13-22(28)38-27(35)29-15/h5-6,8,10,15-17,21-22H,3-4,7,9,11-14H2,1-2H3,(H,29,35)(H,30,32)/t15-,16?,17+,21-,22+,28?/m0/s1. The Bertz CT molecular complexity index is 1360. The van der Waals surface area contributed by atoms with Crippen LogP contribution >= 0.6 is 0 Å². The molecule has 2 aromatic rings. The third-order valence-electron chi connectivity index (χ3n) is 8.78. The Morgan fingerprint density at radius 1 is 1.13 bits per heavy atom. The zero-order valence-electron chi connectivity index (χ0n) is 21.7. The second kappa shape index (κ2) is 9.32. The van der Waals surface area contributed by atoms with Gasteiger partial charge in [-0.05, 0) is 57.1 Å². The molecule has 6 atom stereocenters. The van der Waals surface area contributed by atoms with E-state index in [1.54, 1.807) is 13.0 Å². The van der Waals surface area contributed by atoms with Gasteiger partial charge in [-0.15, -0.1) is 0 Å². The maximum Gasteiger partial charge on any atom is 0.408 e. The normalized spacial score (nSPS) is 32.9. The number of aromatic nitrogens is 1. The predicted octanol–water partition coefficient (Wildman–Crippen LogP) is 2.67. The number of nitrogens with one attached hydrogen (secondary N) is 2. The van der Waals surface area contributed by atoms with Gasteiger partial charge in [0.05, 0.1) is 24.7 Å². The minimum atomic E-state index is -0.895. The Morgan fingerprint density at radius 3 is 2.76 bits per heavy atom. The lowest BCUT2D eigenvalue weighted by Crippen LogP contribution is -2.51. The van der Waals surface area contributed by atoms with Gasteiger partial charge in [-0.1, -0.05) is 18.6 Å². The van der Waals surface area contributed by atoms with Crippen LogP contribution in [0, 0.1) is 11.3 Å². The van der Waals surface area contributed by atoms with Crippen molar-refractivity contribution in [1.29, 1.82) is 0 Å². The highest BCUT2D eigenvalue weighted by molar-refractivity contribution is 5.90. The Kier molecular flexibility index (Phi) is 6.07. The molecule has 0 radical (unpaired) electrons. The number of amides is 2. The van der Waals surface area contributed by atoms with Crippen molar-refractivity contribution in [2.24, 2.45) is 11.3 Å². The minimum absolute atomic E-state index is 0.0610. The Labute approximate surface area is 220 Å². The van der Waals surface area contributed by atoms with Crippen molar-refractivity contribution in [2.75, 3.05) is 13.7 Å². The first-order valence-corrected chi connectivity index (χ1v) is 13.5. The number of carbonyl (C=O) groups excluding carboxylic acids is 3. The highest BCUT2D eigenvalue weighted by Gasteiger charge is 2.72. The summed E-state index contributed by atoms with van der Waals surface area (Å²) in [4.78, 5) is 56.6. The third-order valence-corrected chi connectivity index (χ3v) is 8.78. The van der Waals surface area contributed by atoms with Gasteiger partial charge in [0.25, 0.3) is 0 Å². The largest absolute Gasteiger partial charge is 0.473 e. The smallest absolute Gasteiger partial charge is 0.408 e. The van der Waals surface area contributed by atoms with Gasteiger partial charge < -0.3 is 29.4 Å². The molecule has 38 heavy (non-hydrogen) atoms. The average Bonchev–Trinajstić information content (AvgIpc) is 3.73. The molecule has 1 aromatic carbocycles. The average molecular weight is 524 g/mol. The molecule has 1 spiro atoms. The molecule has 4 aliphatic rings. The van der Waals surface area contributed by atoms with Gasteiger partial charge in [-0.25, -0.2) is 9.59 Å². The summed E-state index contributed by atoms with van der Waals surface area (Å²) in [5, 5.41) is 3.25. The highest BCUT2D eigenvalue weighted by Crippen LogP contribution is 2.73. The third kappa shape index (κ3) is 4.29. The monoisotopic (exact) mass is 523 g/mol. The summed E-state index contributed by atoms with van der Waals surface area (Å²) in [6.07, 6.45) is 4.20. The van der Waals surface area contributed by atoms with Crippen LogP contribution in [-0.4, -0.2) is 65.8 Å². The first-order chi connectivity index (χ1) is 18.3. The van der Waals surface area contributed by atoms with E-state index in [1.165, 1.54) is 12.0 Å². The van der Waals surface area contributed by atoms with Crippen molar-refractivity contribution in [3.63, 3.8) is 0 Å². The summed E-state index contributed by atoms with van der Waals surface area (Å²) >= 11 is 0. The molecule has 2 bridgehead atoms. The lowest BCUT2D eigenvalue weighted by atomic mass is 10.0. The summed E-state index contributed by atoms with van der Waals surface area (Å²) in [6, 6.07) is 5.57. The molecular formula is C28H33N3O7. The Morgan fingerprint density at radius 2 is 1.95 bits per heavy atom. The van der Waals surface area contributed by atoms with Gasteiger partial charge in [-0.3, -0.25) is 9.59 Å². The zero-order chi connectivity index (χ0) is 26.6. The van der Waals surface area contributed by atoms with Crippen LogP contribution in [0.5, 0.6) is 5.88 Å². The van der Waals surface area contributed by atoms with Crippen LogP contribution in [-0.2, 0) is 25.5 Å². The minimum Gasteiger partial charge on any atom is -0.473 e. The Hall–Kier alpha value is -3.56. The number of hydrogen-bond donors (Lipinski definition) is 2. The molecule has 202 valence electrons. The number of ether oxygens (including phenoxy) is 3. The summed E-state index contributed by atoms with van der Waals surface area (Å²) in [5.74, 6) is -0.0760. The van der Waals surface area contributed by atoms with Crippen molar-refractivity contribution in [3.8, 4) is 5.88 Å². The number of benzene rings is 1. The van der Waals surface area contributed by atoms with E-state index in [9.17, 15) is 19.2 Å². The van der Waals surface area contributed by atoms with Crippen molar-refractivity contribution < 1.29 is 28.6 Å². The second-order valence-corrected chi connectivity index (χ2v) is 11.2. The fourth-order valence-corrected chi connectivity index (χ4v) is 6.46. The molecule has 3 fully saturated rings. The van der Waals surface area contributed by atoms with Crippen LogP contribution in [0.3, 0.4) is 0 Å². The van der Waals surface area contributed by atoms with Crippen molar-refractivity contribution in [3.05, 3.63) is 40.1 Å². The van der Waals surface area contributed by atoms with E-state index in [0.717, 1.165) is 32.1 Å². The van der Waals surface area contributed by atoms with Crippen molar-refractivity contribution in [2.45, 2.75) is 76.2 Å². The molecule has 3 heterocycles. The van der Waals surface area contributed by atoms with Crippen LogP contribution < -0.4 is 15.5 Å². The lowest BCUT2D eigenvalue weighted by molar-refractivity contribution is -0.151. The summed E-state index contributed by atoms with van der Waals surface area (Å²) in [6.45, 7) is 1.69. The number of pyridine rings is 1. The van der Waals surface area contributed by atoms with Gasteiger partial charge in [0, 0.05) is 17.2 Å². The number of fused-ring (bicyclic) bond motifs is 4. The number of nitrogens with zero attached hydrogens (tertiary/aromatic N) is 1. The Balaban J connectivity index is 1.32. The van der Waals surface area contributed by atoms with Gasteiger partial charge in [0.1, 0.15) is 24.3 Å². The van der Waals surface area contributed by atoms with Crippen LogP contribution in [0.15, 0.2) is 29.1 Å². The van der Waals surface area contributed by atoms with Gasteiger partial charge >= 0.3 is 12.1 Å².